The predicted octanol–water partition coefficient (Wildman–Crippen LogP) is 3.78. The molecule has 27 heavy (non-hydrogen) atoms. The summed E-state index contributed by atoms with van der Waals surface area (Å²) in [6.07, 6.45) is -0.317. The molecule has 1 aliphatic rings. The zero-order chi connectivity index (χ0) is 19.2. The summed E-state index contributed by atoms with van der Waals surface area (Å²) in [5.74, 6) is 1.36. The van der Waals surface area contributed by atoms with Crippen molar-refractivity contribution in [2.75, 3.05) is 26.8 Å². The van der Waals surface area contributed by atoms with Gasteiger partial charge in [0.2, 0.25) is 0 Å². The molecule has 0 saturated heterocycles. The monoisotopic (exact) mass is 364 g/mol. The smallest absolute Gasteiger partial charge is 0.407 e. The highest BCUT2D eigenvalue weighted by Crippen LogP contribution is 2.29. The molecule has 6 heteroatoms. The first-order valence-electron chi connectivity index (χ1n) is 8.57. The van der Waals surface area contributed by atoms with Gasteiger partial charge in [0.1, 0.15) is 18.1 Å². The van der Waals surface area contributed by atoms with E-state index in [9.17, 15) is 9.90 Å². The predicted molar refractivity (Wildman–Crippen MR) is 101 cm³/mol. The number of benzene rings is 2. The minimum Gasteiger partial charge on any atom is -0.497 e. The zero-order valence-electron chi connectivity index (χ0n) is 15.0. The van der Waals surface area contributed by atoms with E-state index in [2.05, 4.69) is 6.07 Å². The van der Waals surface area contributed by atoms with Gasteiger partial charge in [0.05, 0.1) is 18.7 Å². The van der Waals surface area contributed by atoms with E-state index in [1.54, 1.807) is 31.4 Å². The summed E-state index contributed by atoms with van der Waals surface area (Å²) >= 11 is 0. The summed E-state index contributed by atoms with van der Waals surface area (Å²) in [5.41, 5.74) is 3.56. The summed E-state index contributed by atoms with van der Waals surface area (Å²) in [6.45, 7) is 1.01. The zero-order valence-corrected chi connectivity index (χ0v) is 15.0. The Labute approximate surface area is 157 Å². The molecule has 3 rings (SSSR count). The lowest BCUT2D eigenvalue weighted by molar-refractivity contribution is 0.147. The Morgan fingerprint density at radius 1 is 1.22 bits per heavy atom. The summed E-state index contributed by atoms with van der Waals surface area (Å²) in [7, 11) is 1.62. The van der Waals surface area contributed by atoms with E-state index in [1.807, 2.05) is 24.3 Å². The number of carbonyl (C=O) groups is 1. The van der Waals surface area contributed by atoms with Crippen molar-refractivity contribution in [1.82, 2.24) is 4.90 Å². The molecular formula is C21H20N2O4. The van der Waals surface area contributed by atoms with Crippen LogP contribution in [0.4, 0.5) is 4.79 Å². The number of ether oxygens (including phenoxy) is 2. The number of hydrogen-bond donors (Lipinski definition) is 1. The van der Waals surface area contributed by atoms with Crippen LogP contribution in [0.1, 0.15) is 17.5 Å². The van der Waals surface area contributed by atoms with Crippen LogP contribution in [0.3, 0.4) is 0 Å². The van der Waals surface area contributed by atoms with Gasteiger partial charge >= 0.3 is 6.09 Å². The van der Waals surface area contributed by atoms with Crippen LogP contribution >= 0.6 is 0 Å². The third-order valence-corrected chi connectivity index (χ3v) is 4.53. The van der Waals surface area contributed by atoms with Crippen molar-refractivity contribution >= 4 is 11.7 Å². The second-order valence-electron chi connectivity index (χ2n) is 6.19. The quantitative estimate of drug-likeness (QED) is 0.873. The van der Waals surface area contributed by atoms with Crippen molar-refractivity contribution in [2.24, 2.45) is 0 Å². The molecule has 2 aromatic carbocycles. The molecule has 0 aromatic heterocycles. The first-order chi connectivity index (χ1) is 13.1. The Hall–Kier alpha value is -3.46. The van der Waals surface area contributed by atoms with Crippen LogP contribution < -0.4 is 9.47 Å². The van der Waals surface area contributed by atoms with Gasteiger partial charge in [-0.15, -0.1) is 0 Å². The molecule has 0 aliphatic carbocycles. The van der Waals surface area contributed by atoms with Gasteiger partial charge in [-0.25, -0.2) is 4.79 Å². The molecule has 1 N–H and O–H groups in total. The SMILES string of the molecule is COc1ccc(C2=C(COc3cccc(C#N)c3)CN(C(=O)O)CC2)cc1. The minimum absolute atomic E-state index is 0.264. The normalized spacial score (nSPS) is 13.9. The van der Waals surface area contributed by atoms with Gasteiger partial charge in [0, 0.05) is 13.1 Å². The highest BCUT2D eigenvalue weighted by Gasteiger charge is 2.23. The number of methoxy groups -OCH3 is 1. The van der Waals surface area contributed by atoms with Gasteiger partial charge in [-0.2, -0.15) is 5.26 Å². The van der Waals surface area contributed by atoms with Crippen molar-refractivity contribution in [1.29, 1.82) is 5.26 Å². The third kappa shape index (κ3) is 4.39. The van der Waals surface area contributed by atoms with Crippen LogP contribution in [0.5, 0.6) is 11.5 Å². The van der Waals surface area contributed by atoms with Crippen LogP contribution in [0.2, 0.25) is 0 Å². The largest absolute Gasteiger partial charge is 0.497 e. The second kappa shape index (κ2) is 8.28. The number of rotatable bonds is 5. The van der Waals surface area contributed by atoms with E-state index >= 15 is 0 Å². The molecule has 0 unspecified atom stereocenters. The lowest BCUT2D eigenvalue weighted by Gasteiger charge is -2.29. The van der Waals surface area contributed by atoms with E-state index in [0.717, 1.165) is 22.5 Å². The first-order valence-corrected chi connectivity index (χ1v) is 8.57. The number of nitriles is 1. The van der Waals surface area contributed by atoms with Gasteiger partial charge < -0.3 is 19.5 Å². The minimum atomic E-state index is -0.937. The van der Waals surface area contributed by atoms with Gasteiger partial charge in [-0.05, 0) is 53.5 Å². The highest BCUT2D eigenvalue weighted by molar-refractivity contribution is 5.74. The van der Waals surface area contributed by atoms with Crippen molar-refractivity contribution < 1.29 is 19.4 Å². The van der Waals surface area contributed by atoms with E-state index in [1.165, 1.54) is 4.90 Å². The summed E-state index contributed by atoms with van der Waals surface area (Å²) in [6, 6.07) is 16.7. The van der Waals surface area contributed by atoms with Crippen LogP contribution in [0, 0.1) is 11.3 Å². The maximum absolute atomic E-state index is 11.4. The third-order valence-electron chi connectivity index (χ3n) is 4.53. The van der Waals surface area contributed by atoms with Crippen molar-refractivity contribution in [3.05, 3.63) is 65.2 Å². The van der Waals surface area contributed by atoms with E-state index < -0.39 is 6.09 Å². The molecule has 0 radical (unpaired) electrons. The average molecular weight is 364 g/mol. The summed E-state index contributed by atoms with van der Waals surface area (Å²) in [4.78, 5) is 12.8. The lowest BCUT2D eigenvalue weighted by Crippen LogP contribution is -2.37. The summed E-state index contributed by atoms with van der Waals surface area (Å²) in [5, 5.41) is 18.4. The van der Waals surface area contributed by atoms with Gasteiger partial charge in [0.15, 0.2) is 0 Å². The first kappa shape index (κ1) is 18.3. The Morgan fingerprint density at radius 3 is 2.67 bits per heavy atom. The van der Waals surface area contributed by atoms with E-state index in [0.29, 0.717) is 30.8 Å². The molecule has 138 valence electrons. The van der Waals surface area contributed by atoms with Crippen LogP contribution in [0.25, 0.3) is 5.57 Å². The van der Waals surface area contributed by atoms with Crippen LogP contribution in [-0.4, -0.2) is 42.9 Å². The Morgan fingerprint density at radius 2 is 2.00 bits per heavy atom. The van der Waals surface area contributed by atoms with Crippen molar-refractivity contribution in [2.45, 2.75) is 6.42 Å². The molecule has 0 spiro atoms. The maximum Gasteiger partial charge on any atom is 0.407 e. The molecule has 1 amide bonds. The van der Waals surface area contributed by atoms with Gasteiger partial charge in [-0.3, -0.25) is 0 Å². The fourth-order valence-electron chi connectivity index (χ4n) is 3.09. The molecule has 6 nitrogen and oxygen atoms in total. The van der Waals surface area contributed by atoms with Gasteiger partial charge in [0.25, 0.3) is 0 Å². The highest BCUT2D eigenvalue weighted by atomic mass is 16.5. The molecule has 0 bridgehead atoms. The molecule has 0 saturated carbocycles. The van der Waals surface area contributed by atoms with Crippen molar-refractivity contribution in [3.63, 3.8) is 0 Å². The molecule has 2 aromatic rings. The molecule has 1 aliphatic heterocycles. The van der Waals surface area contributed by atoms with E-state index in [-0.39, 0.29) is 6.61 Å². The fraction of sp³-hybridized carbons (Fsp3) is 0.238. The van der Waals surface area contributed by atoms with Gasteiger partial charge in [-0.1, -0.05) is 18.2 Å². The fourth-order valence-corrected chi connectivity index (χ4v) is 3.09. The summed E-state index contributed by atoms with van der Waals surface area (Å²) < 4.78 is 11.1. The molecule has 0 atom stereocenters. The topological polar surface area (TPSA) is 82.8 Å². The molecular weight excluding hydrogens is 344 g/mol. The van der Waals surface area contributed by atoms with Crippen molar-refractivity contribution in [3.8, 4) is 17.6 Å². The average Bonchev–Trinajstić information content (AvgIpc) is 2.72. The van der Waals surface area contributed by atoms with Crippen LogP contribution in [0.15, 0.2) is 54.1 Å². The molecule has 1 heterocycles. The Kier molecular flexibility index (Phi) is 5.62. The Bertz CT molecular complexity index is 897. The standard InChI is InChI=1S/C21H20N2O4/c1-26-18-7-5-16(6-8-18)20-9-10-23(21(24)25)13-17(20)14-27-19-4-2-3-15(11-19)12-22/h2-8,11H,9-10,13-14H2,1H3,(H,24,25). The van der Waals surface area contributed by atoms with Crippen LogP contribution in [-0.2, 0) is 0 Å². The number of carboxylic acid groups (broad SMARTS) is 1. The number of hydrogen-bond acceptors (Lipinski definition) is 4. The number of amides is 1. The lowest BCUT2D eigenvalue weighted by atomic mass is 9.94. The Balaban J connectivity index is 1.86. The molecule has 0 fully saturated rings. The second-order valence-corrected chi connectivity index (χ2v) is 6.19. The van der Waals surface area contributed by atoms with E-state index in [4.69, 9.17) is 14.7 Å². The maximum atomic E-state index is 11.4. The number of nitrogens with zero attached hydrogens (tertiary/aromatic N) is 2.